The zero-order valence-corrected chi connectivity index (χ0v) is 11.6. The number of nitrogens with zero attached hydrogens (tertiary/aromatic N) is 2. The van der Waals surface area contributed by atoms with Crippen LogP contribution in [-0.4, -0.2) is 15.8 Å². The Morgan fingerprint density at radius 1 is 1.32 bits per heavy atom. The molecule has 1 aromatic carbocycles. The summed E-state index contributed by atoms with van der Waals surface area (Å²) < 4.78 is 1.93. The average molecular weight is 255 g/mol. The van der Waals surface area contributed by atoms with Gasteiger partial charge in [0.1, 0.15) is 0 Å². The summed E-state index contributed by atoms with van der Waals surface area (Å²) in [6.45, 7) is 3.09. The number of nitrogens with one attached hydrogen (secondary N) is 1. The minimum Gasteiger partial charge on any atom is -0.308 e. The average Bonchev–Trinajstić information content (AvgIpc) is 2.73. The summed E-state index contributed by atoms with van der Waals surface area (Å²) in [7, 11) is 1.99. The third kappa shape index (κ3) is 2.71. The molecule has 0 aliphatic heterocycles. The summed E-state index contributed by atoms with van der Waals surface area (Å²) in [5, 5.41) is 7.80. The fourth-order valence-electron chi connectivity index (χ4n) is 2.80. The maximum atomic E-state index is 4.19. The van der Waals surface area contributed by atoms with E-state index in [1.165, 1.54) is 29.7 Å². The molecular weight excluding hydrogens is 234 g/mol. The van der Waals surface area contributed by atoms with Crippen molar-refractivity contribution in [2.75, 3.05) is 0 Å². The van der Waals surface area contributed by atoms with E-state index in [0.717, 1.165) is 12.5 Å². The minimum absolute atomic E-state index is 0.653. The Balaban J connectivity index is 1.49. The standard InChI is InChI=1S/C16H21N3/c1-12-4-3-5-13(8-12)14-9-15(10-14)17-11-16-6-7-18-19(16)2/h3-8,14-15,17H,9-11H2,1-2H3. The molecule has 1 aromatic heterocycles. The highest BCUT2D eigenvalue weighted by Gasteiger charge is 2.29. The van der Waals surface area contributed by atoms with E-state index in [0.29, 0.717) is 6.04 Å². The number of aryl methyl sites for hydroxylation is 2. The van der Waals surface area contributed by atoms with Crippen molar-refractivity contribution in [2.24, 2.45) is 7.05 Å². The van der Waals surface area contributed by atoms with E-state index in [9.17, 15) is 0 Å². The van der Waals surface area contributed by atoms with Gasteiger partial charge in [0.2, 0.25) is 0 Å². The van der Waals surface area contributed by atoms with Crippen LogP contribution in [0.4, 0.5) is 0 Å². The van der Waals surface area contributed by atoms with Gasteiger partial charge in [0.15, 0.2) is 0 Å². The van der Waals surface area contributed by atoms with Gasteiger partial charge in [-0.15, -0.1) is 0 Å². The molecule has 0 spiro atoms. The van der Waals surface area contributed by atoms with Crippen molar-refractivity contribution in [3.05, 3.63) is 53.3 Å². The van der Waals surface area contributed by atoms with Crippen LogP contribution in [0.15, 0.2) is 36.5 Å². The first-order valence-electron chi connectivity index (χ1n) is 6.99. The summed E-state index contributed by atoms with van der Waals surface area (Å²) in [4.78, 5) is 0. The second-order valence-corrected chi connectivity index (χ2v) is 5.61. The third-order valence-corrected chi connectivity index (χ3v) is 4.15. The summed E-state index contributed by atoms with van der Waals surface area (Å²) in [5.74, 6) is 0.740. The lowest BCUT2D eigenvalue weighted by Gasteiger charge is -2.36. The predicted octanol–water partition coefficient (Wildman–Crippen LogP) is 2.76. The molecule has 0 unspecified atom stereocenters. The van der Waals surface area contributed by atoms with E-state index < -0.39 is 0 Å². The highest BCUT2D eigenvalue weighted by atomic mass is 15.3. The maximum absolute atomic E-state index is 4.19. The molecule has 0 radical (unpaired) electrons. The van der Waals surface area contributed by atoms with E-state index in [2.05, 4.69) is 47.7 Å². The largest absolute Gasteiger partial charge is 0.308 e. The summed E-state index contributed by atoms with van der Waals surface area (Å²) in [5.41, 5.74) is 4.11. The Kier molecular flexibility index (Phi) is 3.38. The second kappa shape index (κ2) is 5.17. The van der Waals surface area contributed by atoms with Gasteiger partial charge in [-0.3, -0.25) is 4.68 Å². The van der Waals surface area contributed by atoms with E-state index >= 15 is 0 Å². The molecule has 1 fully saturated rings. The molecule has 1 N–H and O–H groups in total. The smallest absolute Gasteiger partial charge is 0.0518 e. The Labute approximate surface area is 114 Å². The molecule has 1 saturated carbocycles. The van der Waals surface area contributed by atoms with Crippen LogP contribution < -0.4 is 5.32 Å². The quantitative estimate of drug-likeness (QED) is 0.910. The first kappa shape index (κ1) is 12.4. The normalized spacial score (nSPS) is 22.2. The first-order chi connectivity index (χ1) is 9.22. The summed E-state index contributed by atoms with van der Waals surface area (Å²) >= 11 is 0. The van der Waals surface area contributed by atoms with Crippen molar-refractivity contribution < 1.29 is 0 Å². The van der Waals surface area contributed by atoms with E-state index in [1.54, 1.807) is 0 Å². The van der Waals surface area contributed by atoms with Crippen LogP contribution in [0.25, 0.3) is 0 Å². The Bertz CT molecular complexity index is 553. The van der Waals surface area contributed by atoms with Crippen LogP contribution in [0.2, 0.25) is 0 Å². The Hall–Kier alpha value is -1.61. The molecule has 3 rings (SSSR count). The molecule has 100 valence electrons. The minimum atomic E-state index is 0.653. The monoisotopic (exact) mass is 255 g/mol. The van der Waals surface area contributed by atoms with E-state index in [4.69, 9.17) is 0 Å². The number of hydrogen-bond acceptors (Lipinski definition) is 2. The molecule has 19 heavy (non-hydrogen) atoms. The molecule has 3 nitrogen and oxygen atoms in total. The number of benzene rings is 1. The Morgan fingerprint density at radius 3 is 2.84 bits per heavy atom. The van der Waals surface area contributed by atoms with Gasteiger partial charge in [-0.1, -0.05) is 29.8 Å². The first-order valence-corrected chi connectivity index (χ1v) is 6.99. The van der Waals surface area contributed by atoms with Crippen molar-refractivity contribution in [3.8, 4) is 0 Å². The highest BCUT2D eigenvalue weighted by Crippen LogP contribution is 2.37. The maximum Gasteiger partial charge on any atom is 0.0518 e. The van der Waals surface area contributed by atoms with Crippen LogP contribution in [0, 0.1) is 6.92 Å². The molecule has 0 amide bonds. The number of hydrogen-bond donors (Lipinski definition) is 1. The van der Waals surface area contributed by atoms with Crippen molar-refractivity contribution in [1.82, 2.24) is 15.1 Å². The topological polar surface area (TPSA) is 29.9 Å². The van der Waals surface area contributed by atoms with Crippen LogP contribution in [0.5, 0.6) is 0 Å². The van der Waals surface area contributed by atoms with Crippen molar-refractivity contribution in [3.63, 3.8) is 0 Å². The van der Waals surface area contributed by atoms with Crippen LogP contribution >= 0.6 is 0 Å². The lowest BCUT2D eigenvalue weighted by atomic mass is 9.75. The SMILES string of the molecule is Cc1cccc(C2CC(NCc3ccnn3C)C2)c1. The Morgan fingerprint density at radius 2 is 2.16 bits per heavy atom. The molecule has 0 atom stereocenters. The molecule has 2 aromatic rings. The molecule has 0 bridgehead atoms. The second-order valence-electron chi connectivity index (χ2n) is 5.61. The van der Waals surface area contributed by atoms with Gasteiger partial charge < -0.3 is 5.32 Å². The summed E-state index contributed by atoms with van der Waals surface area (Å²) in [6.07, 6.45) is 4.36. The molecule has 3 heteroatoms. The zero-order chi connectivity index (χ0) is 13.2. The third-order valence-electron chi connectivity index (χ3n) is 4.15. The lowest BCUT2D eigenvalue weighted by molar-refractivity contribution is 0.287. The van der Waals surface area contributed by atoms with Crippen molar-refractivity contribution in [2.45, 2.75) is 38.3 Å². The number of aromatic nitrogens is 2. The molecule has 1 aliphatic carbocycles. The van der Waals surface area contributed by atoms with Gasteiger partial charge in [0.05, 0.1) is 5.69 Å². The van der Waals surface area contributed by atoms with Gasteiger partial charge in [0, 0.05) is 25.8 Å². The van der Waals surface area contributed by atoms with Gasteiger partial charge in [-0.2, -0.15) is 5.10 Å². The van der Waals surface area contributed by atoms with Crippen LogP contribution in [0.3, 0.4) is 0 Å². The molecule has 1 aliphatic rings. The van der Waals surface area contributed by atoms with E-state index in [-0.39, 0.29) is 0 Å². The van der Waals surface area contributed by atoms with Crippen LogP contribution in [0.1, 0.15) is 35.6 Å². The number of rotatable bonds is 4. The van der Waals surface area contributed by atoms with E-state index in [1.807, 2.05) is 17.9 Å². The molecule has 0 saturated heterocycles. The van der Waals surface area contributed by atoms with Crippen molar-refractivity contribution in [1.29, 1.82) is 0 Å². The van der Waals surface area contributed by atoms with Gasteiger partial charge in [0.25, 0.3) is 0 Å². The summed E-state index contributed by atoms with van der Waals surface area (Å²) in [6, 6.07) is 11.6. The van der Waals surface area contributed by atoms with Gasteiger partial charge in [-0.25, -0.2) is 0 Å². The van der Waals surface area contributed by atoms with Crippen LogP contribution in [-0.2, 0) is 13.6 Å². The fraction of sp³-hybridized carbons (Fsp3) is 0.438. The highest BCUT2D eigenvalue weighted by molar-refractivity contribution is 5.27. The van der Waals surface area contributed by atoms with Gasteiger partial charge >= 0.3 is 0 Å². The predicted molar refractivity (Wildman–Crippen MR) is 77.0 cm³/mol. The van der Waals surface area contributed by atoms with Gasteiger partial charge in [-0.05, 0) is 37.3 Å². The molecular formula is C16H21N3. The zero-order valence-electron chi connectivity index (χ0n) is 11.6. The fourth-order valence-corrected chi connectivity index (χ4v) is 2.80. The lowest BCUT2D eigenvalue weighted by Crippen LogP contribution is -2.39. The molecule has 1 heterocycles. The van der Waals surface area contributed by atoms with Crippen molar-refractivity contribution >= 4 is 0 Å².